The summed E-state index contributed by atoms with van der Waals surface area (Å²) in [5, 5.41) is 9.21. The summed E-state index contributed by atoms with van der Waals surface area (Å²) in [6.07, 6.45) is 5.04. The van der Waals surface area contributed by atoms with E-state index in [2.05, 4.69) is 4.98 Å². The van der Waals surface area contributed by atoms with Crippen LogP contribution in [0.1, 0.15) is 27.2 Å². The highest BCUT2D eigenvalue weighted by Gasteiger charge is 2.08. The molecule has 0 amide bonds. The van der Waals surface area contributed by atoms with E-state index < -0.39 is 5.97 Å². The van der Waals surface area contributed by atoms with Crippen LogP contribution in [-0.2, 0) is 6.61 Å². The smallest absolute Gasteiger partial charge is 0.355 e. The van der Waals surface area contributed by atoms with Crippen LogP contribution in [0.15, 0.2) is 72.9 Å². The van der Waals surface area contributed by atoms with Gasteiger partial charge in [0.1, 0.15) is 12.4 Å². The number of rotatable bonds is 6. The second kappa shape index (κ2) is 7.93. The van der Waals surface area contributed by atoms with Crippen molar-refractivity contribution in [2.75, 3.05) is 0 Å². The van der Waals surface area contributed by atoms with Crippen LogP contribution in [0.25, 0.3) is 12.2 Å². The molecule has 0 bridgehead atoms. The van der Waals surface area contributed by atoms with E-state index in [1.807, 2.05) is 60.7 Å². The van der Waals surface area contributed by atoms with E-state index in [0.717, 1.165) is 16.9 Å². The van der Waals surface area contributed by atoms with Gasteiger partial charge in [-0.25, -0.2) is 9.78 Å². The van der Waals surface area contributed by atoms with E-state index >= 15 is 0 Å². The zero-order valence-electron chi connectivity index (χ0n) is 13.5. The summed E-state index contributed by atoms with van der Waals surface area (Å²) in [6, 6.07) is 21.0. The lowest BCUT2D eigenvalue weighted by Crippen LogP contribution is -2.02. The van der Waals surface area contributed by atoms with Crippen molar-refractivity contribution in [1.82, 2.24) is 4.98 Å². The highest BCUT2D eigenvalue weighted by atomic mass is 16.5. The van der Waals surface area contributed by atoms with Gasteiger partial charge in [0, 0.05) is 17.3 Å². The molecule has 4 heteroatoms. The highest BCUT2D eigenvalue weighted by Crippen LogP contribution is 2.22. The van der Waals surface area contributed by atoms with Gasteiger partial charge in [-0.2, -0.15) is 0 Å². The molecule has 0 saturated heterocycles. The molecule has 1 aromatic heterocycles. The second-order valence-corrected chi connectivity index (χ2v) is 5.39. The summed E-state index contributed by atoms with van der Waals surface area (Å²) >= 11 is 0. The minimum atomic E-state index is -1.05. The molecule has 25 heavy (non-hydrogen) atoms. The Balaban J connectivity index is 1.80. The Hall–Kier alpha value is -3.40. The molecule has 3 aromatic rings. The molecular formula is C21H17NO3. The molecule has 0 atom stereocenters. The molecule has 4 nitrogen and oxygen atoms in total. The Morgan fingerprint density at radius 3 is 2.40 bits per heavy atom. The predicted molar refractivity (Wildman–Crippen MR) is 97.3 cm³/mol. The maximum atomic E-state index is 11.2. The Morgan fingerprint density at radius 1 is 0.920 bits per heavy atom. The number of ether oxygens (including phenoxy) is 1. The van der Waals surface area contributed by atoms with Crippen LogP contribution in [-0.4, -0.2) is 16.1 Å². The predicted octanol–water partition coefficient (Wildman–Crippen LogP) is 4.53. The van der Waals surface area contributed by atoms with E-state index in [4.69, 9.17) is 4.74 Å². The van der Waals surface area contributed by atoms with Crippen LogP contribution in [0.4, 0.5) is 0 Å². The van der Waals surface area contributed by atoms with Gasteiger partial charge in [-0.05, 0) is 17.7 Å². The number of carboxylic acids is 1. The number of carbonyl (C=O) groups is 1. The topological polar surface area (TPSA) is 59.4 Å². The Labute approximate surface area is 146 Å². The summed E-state index contributed by atoms with van der Waals surface area (Å²) in [4.78, 5) is 15.1. The SMILES string of the molecule is O=C(O)c1ncccc1/C=C/c1ccccc1OCc1ccccc1. The lowest BCUT2D eigenvalue weighted by molar-refractivity contribution is 0.0690. The largest absolute Gasteiger partial charge is 0.488 e. The summed E-state index contributed by atoms with van der Waals surface area (Å²) < 4.78 is 5.91. The van der Waals surface area contributed by atoms with Crippen molar-refractivity contribution in [2.24, 2.45) is 0 Å². The number of hydrogen-bond donors (Lipinski definition) is 1. The van der Waals surface area contributed by atoms with Gasteiger partial charge in [-0.15, -0.1) is 0 Å². The summed E-state index contributed by atoms with van der Waals surface area (Å²) in [6.45, 7) is 0.471. The lowest BCUT2D eigenvalue weighted by Gasteiger charge is -2.09. The average Bonchev–Trinajstić information content (AvgIpc) is 2.66. The van der Waals surface area contributed by atoms with Gasteiger partial charge >= 0.3 is 5.97 Å². The fourth-order valence-electron chi connectivity index (χ4n) is 2.40. The van der Waals surface area contributed by atoms with Gasteiger partial charge in [0.05, 0.1) is 0 Å². The number of aromatic nitrogens is 1. The quantitative estimate of drug-likeness (QED) is 0.721. The van der Waals surface area contributed by atoms with Crippen LogP contribution >= 0.6 is 0 Å². The monoisotopic (exact) mass is 331 g/mol. The molecule has 124 valence electrons. The third-order valence-electron chi connectivity index (χ3n) is 3.64. The molecule has 1 heterocycles. The van der Waals surface area contributed by atoms with Gasteiger partial charge in [-0.1, -0.05) is 66.7 Å². The van der Waals surface area contributed by atoms with Crippen LogP contribution in [0, 0.1) is 0 Å². The van der Waals surface area contributed by atoms with E-state index in [9.17, 15) is 9.90 Å². The van der Waals surface area contributed by atoms with Gasteiger partial charge in [0.15, 0.2) is 5.69 Å². The van der Waals surface area contributed by atoms with E-state index in [-0.39, 0.29) is 5.69 Å². The fourth-order valence-corrected chi connectivity index (χ4v) is 2.40. The highest BCUT2D eigenvalue weighted by molar-refractivity contribution is 5.91. The molecule has 0 fully saturated rings. The number of carboxylic acid groups (broad SMARTS) is 1. The first-order chi connectivity index (χ1) is 12.2. The maximum Gasteiger partial charge on any atom is 0.355 e. The molecule has 0 spiro atoms. The zero-order chi connectivity index (χ0) is 17.5. The molecule has 0 aliphatic rings. The minimum absolute atomic E-state index is 0.0291. The first-order valence-electron chi connectivity index (χ1n) is 7.86. The van der Waals surface area contributed by atoms with Crippen molar-refractivity contribution in [2.45, 2.75) is 6.61 Å². The third kappa shape index (κ3) is 4.32. The summed E-state index contributed by atoms with van der Waals surface area (Å²) in [7, 11) is 0. The first kappa shape index (κ1) is 16.5. The van der Waals surface area contributed by atoms with Crippen LogP contribution in [0.5, 0.6) is 5.75 Å². The number of pyridine rings is 1. The molecule has 0 saturated carbocycles. The van der Waals surface area contributed by atoms with Crippen molar-refractivity contribution in [3.05, 3.63) is 95.3 Å². The van der Waals surface area contributed by atoms with Crippen molar-refractivity contribution < 1.29 is 14.6 Å². The van der Waals surface area contributed by atoms with Crippen molar-refractivity contribution >= 4 is 18.1 Å². The van der Waals surface area contributed by atoms with Gasteiger partial charge in [-0.3, -0.25) is 0 Å². The average molecular weight is 331 g/mol. The molecule has 0 aliphatic carbocycles. The Bertz CT molecular complexity index is 888. The molecular weight excluding hydrogens is 314 g/mol. The van der Waals surface area contributed by atoms with Crippen LogP contribution in [0.2, 0.25) is 0 Å². The van der Waals surface area contributed by atoms with E-state index in [0.29, 0.717) is 12.2 Å². The molecule has 0 aliphatic heterocycles. The van der Waals surface area contributed by atoms with Crippen molar-refractivity contribution in [1.29, 1.82) is 0 Å². The fraction of sp³-hybridized carbons (Fsp3) is 0.0476. The molecule has 0 unspecified atom stereocenters. The van der Waals surface area contributed by atoms with Gasteiger partial charge < -0.3 is 9.84 Å². The van der Waals surface area contributed by atoms with Crippen LogP contribution in [0.3, 0.4) is 0 Å². The standard InChI is InChI=1S/C21H17NO3/c23-21(24)20-18(10-6-14-22-20)13-12-17-9-4-5-11-19(17)25-15-16-7-2-1-3-8-16/h1-14H,15H2,(H,23,24)/b13-12+. The minimum Gasteiger partial charge on any atom is -0.488 e. The van der Waals surface area contributed by atoms with E-state index in [1.165, 1.54) is 6.20 Å². The number of benzene rings is 2. The Morgan fingerprint density at radius 2 is 1.60 bits per heavy atom. The lowest BCUT2D eigenvalue weighted by atomic mass is 10.1. The molecule has 0 radical (unpaired) electrons. The molecule has 1 N–H and O–H groups in total. The number of para-hydroxylation sites is 1. The maximum absolute atomic E-state index is 11.2. The second-order valence-electron chi connectivity index (χ2n) is 5.39. The van der Waals surface area contributed by atoms with Gasteiger partial charge in [0.25, 0.3) is 0 Å². The number of nitrogens with zero attached hydrogens (tertiary/aromatic N) is 1. The van der Waals surface area contributed by atoms with Gasteiger partial charge in [0.2, 0.25) is 0 Å². The molecule has 2 aromatic carbocycles. The van der Waals surface area contributed by atoms with Crippen LogP contribution < -0.4 is 4.74 Å². The van der Waals surface area contributed by atoms with Crippen molar-refractivity contribution in [3.63, 3.8) is 0 Å². The normalized spacial score (nSPS) is 10.7. The van der Waals surface area contributed by atoms with E-state index in [1.54, 1.807) is 18.2 Å². The molecule has 3 rings (SSSR count). The Kier molecular flexibility index (Phi) is 5.22. The number of hydrogen-bond acceptors (Lipinski definition) is 3. The summed E-state index contributed by atoms with van der Waals surface area (Å²) in [5.74, 6) is -0.308. The summed E-state index contributed by atoms with van der Waals surface area (Å²) in [5.41, 5.74) is 2.54. The first-order valence-corrected chi connectivity index (χ1v) is 7.86. The third-order valence-corrected chi connectivity index (χ3v) is 3.64. The number of aromatic carboxylic acids is 1. The van der Waals surface area contributed by atoms with Crippen molar-refractivity contribution in [3.8, 4) is 5.75 Å². The zero-order valence-corrected chi connectivity index (χ0v) is 13.5.